The van der Waals surface area contributed by atoms with Crippen molar-refractivity contribution < 1.29 is 0 Å². The average Bonchev–Trinajstić information content (AvgIpc) is 3.23. The maximum atomic E-state index is 3.93. The third kappa shape index (κ3) is 2.92. The molecule has 3 fully saturated rings. The predicted molar refractivity (Wildman–Crippen MR) is 85.9 cm³/mol. The van der Waals surface area contributed by atoms with E-state index in [0.717, 1.165) is 29.8 Å². The highest BCUT2D eigenvalue weighted by molar-refractivity contribution is 5.05. The second-order valence-corrected chi connectivity index (χ2v) is 8.48. The predicted octanol–water partition coefficient (Wildman–Crippen LogP) is 3.66. The lowest BCUT2D eigenvalue weighted by atomic mass is 9.81. The molecule has 2 heteroatoms. The lowest BCUT2D eigenvalue weighted by Gasteiger charge is -2.52. The van der Waals surface area contributed by atoms with Crippen molar-refractivity contribution >= 4 is 0 Å². The van der Waals surface area contributed by atoms with Crippen LogP contribution in [-0.4, -0.2) is 35.6 Å². The van der Waals surface area contributed by atoms with E-state index in [1.807, 2.05) is 0 Å². The van der Waals surface area contributed by atoms with Gasteiger partial charge in [-0.15, -0.1) is 0 Å². The van der Waals surface area contributed by atoms with Crippen molar-refractivity contribution in [3.05, 3.63) is 0 Å². The van der Waals surface area contributed by atoms with Gasteiger partial charge >= 0.3 is 0 Å². The lowest BCUT2D eigenvalue weighted by Crippen LogP contribution is -2.67. The maximum absolute atomic E-state index is 3.93. The molecule has 0 radical (unpaired) electrons. The first-order valence-electron chi connectivity index (χ1n) is 9.00. The summed E-state index contributed by atoms with van der Waals surface area (Å²) in [4.78, 5) is 2.93. The Morgan fingerprint density at radius 1 is 1.15 bits per heavy atom. The van der Waals surface area contributed by atoms with Crippen LogP contribution in [0.2, 0.25) is 0 Å². The summed E-state index contributed by atoms with van der Waals surface area (Å²) >= 11 is 0. The first kappa shape index (κ1) is 14.8. The van der Waals surface area contributed by atoms with Crippen molar-refractivity contribution in [2.24, 2.45) is 17.8 Å². The van der Waals surface area contributed by atoms with Gasteiger partial charge in [0.25, 0.3) is 0 Å². The van der Waals surface area contributed by atoms with Gasteiger partial charge in [0.1, 0.15) is 0 Å². The maximum Gasteiger partial charge on any atom is 0.0309 e. The summed E-state index contributed by atoms with van der Waals surface area (Å²) in [6.07, 6.45) is 8.67. The largest absolute Gasteiger partial charge is 0.308 e. The van der Waals surface area contributed by atoms with Crippen LogP contribution in [0.1, 0.15) is 66.2 Å². The topological polar surface area (TPSA) is 15.3 Å². The van der Waals surface area contributed by atoms with E-state index in [-0.39, 0.29) is 0 Å². The molecule has 1 aliphatic heterocycles. The summed E-state index contributed by atoms with van der Waals surface area (Å²) in [5.74, 6) is 2.64. The smallest absolute Gasteiger partial charge is 0.0309 e. The van der Waals surface area contributed by atoms with Crippen LogP contribution in [0.5, 0.6) is 0 Å². The third-order valence-electron chi connectivity index (χ3n) is 6.28. The number of nitrogens with one attached hydrogen (secondary N) is 1. The van der Waals surface area contributed by atoms with E-state index in [9.17, 15) is 0 Å². The van der Waals surface area contributed by atoms with Gasteiger partial charge in [0.15, 0.2) is 0 Å². The monoisotopic (exact) mass is 278 g/mol. The van der Waals surface area contributed by atoms with Crippen molar-refractivity contribution in [1.82, 2.24) is 10.2 Å². The van der Waals surface area contributed by atoms with E-state index in [1.165, 1.54) is 51.6 Å². The molecule has 4 unspecified atom stereocenters. The Hall–Kier alpha value is -0.0800. The minimum atomic E-state index is 0.395. The van der Waals surface area contributed by atoms with E-state index in [1.54, 1.807) is 0 Å². The normalized spacial score (nSPS) is 44.0. The summed E-state index contributed by atoms with van der Waals surface area (Å²) in [5, 5.41) is 3.93. The molecule has 0 spiro atoms. The molecule has 1 heterocycles. The van der Waals surface area contributed by atoms with Gasteiger partial charge < -0.3 is 5.32 Å². The number of hydrogen-bond acceptors (Lipinski definition) is 2. The Kier molecular flexibility index (Phi) is 4.16. The summed E-state index contributed by atoms with van der Waals surface area (Å²) < 4.78 is 0. The summed E-state index contributed by atoms with van der Waals surface area (Å²) in [6.45, 7) is 12.3. The SMILES string of the molecule is CC1CCCC(N2CC(C)(C3CC3)NCC2C(C)C)C1. The van der Waals surface area contributed by atoms with Crippen molar-refractivity contribution in [3.8, 4) is 0 Å². The van der Waals surface area contributed by atoms with Gasteiger partial charge in [0.05, 0.1) is 0 Å². The second kappa shape index (κ2) is 5.61. The molecule has 116 valence electrons. The molecule has 2 saturated carbocycles. The molecule has 1 saturated heterocycles. The highest BCUT2D eigenvalue weighted by Gasteiger charge is 2.48. The van der Waals surface area contributed by atoms with Gasteiger partial charge in [-0.2, -0.15) is 0 Å². The van der Waals surface area contributed by atoms with Gasteiger partial charge in [-0.1, -0.05) is 33.6 Å². The minimum Gasteiger partial charge on any atom is -0.308 e. The molecule has 0 aromatic carbocycles. The Morgan fingerprint density at radius 2 is 1.90 bits per heavy atom. The summed E-state index contributed by atoms with van der Waals surface area (Å²) in [5.41, 5.74) is 0.395. The first-order chi connectivity index (χ1) is 9.49. The van der Waals surface area contributed by atoms with Crippen molar-refractivity contribution in [3.63, 3.8) is 0 Å². The quantitative estimate of drug-likeness (QED) is 0.847. The molecule has 20 heavy (non-hydrogen) atoms. The van der Waals surface area contributed by atoms with Crippen molar-refractivity contribution in [2.75, 3.05) is 13.1 Å². The zero-order valence-electron chi connectivity index (χ0n) is 14.0. The van der Waals surface area contributed by atoms with Gasteiger partial charge in [0.2, 0.25) is 0 Å². The third-order valence-corrected chi connectivity index (χ3v) is 6.28. The van der Waals surface area contributed by atoms with Gasteiger partial charge in [0, 0.05) is 30.7 Å². The Balaban J connectivity index is 1.74. The van der Waals surface area contributed by atoms with Crippen LogP contribution in [-0.2, 0) is 0 Å². The lowest BCUT2D eigenvalue weighted by molar-refractivity contribution is -0.000341. The Labute approximate surface area is 125 Å². The number of piperazine rings is 1. The first-order valence-corrected chi connectivity index (χ1v) is 9.00. The van der Waals surface area contributed by atoms with Crippen LogP contribution in [0.15, 0.2) is 0 Å². The van der Waals surface area contributed by atoms with Crippen LogP contribution in [0.25, 0.3) is 0 Å². The van der Waals surface area contributed by atoms with Crippen molar-refractivity contribution in [2.45, 2.75) is 83.8 Å². The van der Waals surface area contributed by atoms with Gasteiger partial charge in [-0.05, 0) is 50.4 Å². The summed E-state index contributed by atoms with van der Waals surface area (Å²) in [6, 6.07) is 1.60. The molecule has 0 amide bonds. The zero-order chi connectivity index (χ0) is 14.3. The fourth-order valence-corrected chi connectivity index (χ4v) is 4.72. The molecule has 2 aliphatic carbocycles. The Bertz CT molecular complexity index is 336. The zero-order valence-corrected chi connectivity index (χ0v) is 14.0. The van der Waals surface area contributed by atoms with E-state index >= 15 is 0 Å². The highest BCUT2D eigenvalue weighted by atomic mass is 15.3. The van der Waals surface area contributed by atoms with Crippen LogP contribution < -0.4 is 5.32 Å². The van der Waals surface area contributed by atoms with Crippen LogP contribution >= 0.6 is 0 Å². The van der Waals surface area contributed by atoms with E-state index < -0.39 is 0 Å². The van der Waals surface area contributed by atoms with Crippen LogP contribution in [0.3, 0.4) is 0 Å². The standard InChI is InChI=1S/C18H34N2/c1-13(2)17-11-19-18(4,15-8-9-15)12-20(17)16-7-5-6-14(3)10-16/h13-17,19H,5-12H2,1-4H3. The molecular weight excluding hydrogens is 244 g/mol. The fourth-order valence-electron chi connectivity index (χ4n) is 4.72. The molecule has 3 aliphatic rings. The molecule has 0 bridgehead atoms. The molecule has 0 aromatic heterocycles. The molecule has 4 atom stereocenters. The highest BCUT2D eigenvalue weighted by Crippen LogP contribution is 2.43. The van der Waals surface area contributed by atoms with E-state index in [2.05, 4.69) is 37.9 Å². The Morgan fingerprint density at radius 3 is 2.50 bits per heavy atom. The summed E-state index contributed by atoms with van der Waals surface area (Å²) in [7, 11) is 0. The molecule has 0 aromatic rings. The number of rotatable bonds is 3. The molecule has 1 N–H and O–H groups in total. The fraction of sp³-hybridized carbons (Fsp3) is 1.00. The average molecular weight is 278 g/mol. The van der Waals surface area contributed by atoms with E-state index in [0.29, 0.717) is 5.54 Å². The minimum absolute atomic E-state index is 0.395. The van der Waals surface area contributed by atoms with Crippen molar-refractivity contribution in [1.29, 1.82) is 0 Å². The molecule has 3 rings (SSSR count). The van der Waals surface area contributed by atoms with Gasteiger partial charge in [-0.25, -0.2) is 0 Å². The van der Waals surface area contributed by atoms with Crippen LogP contribution in [0.4, 0.5) is 0 Å². The molecular formula is C18H34N2. The second-order valence-electron chi connectivity index (χ2n) is 8.48. The van der Waals surface area contributed by atoms with Crippen LogP contribution in [0, 0.1) is 17.8 Å². The van der Waals surface area contributed by atoms with Gasteiger partial charge in [-0.3, -0.25) is 4.90 Å². The number of hydrogen-bond donors (Lipinski definition) is 1. The van der Waals surface area contributed by atoms with E-state index in [4.69, 9.17) is 0 Å². The molecule has 2 nitrogen and oxygen atoms in total. The number of nitrogens with zero attached hydrogens (tertiary/aromatic N) is 1.